The van der Waals surface area contributed by atoms with Crippen LogP contribution in [0.5, 0.6) is 0 Å². The van der Waals surface area contributed by atoms with Crippen LogP contribution in [0.1, 0.15) is 21.7 Å². The van der Waals surface area contributed by atoms with Crippen molar-refractivity contribution in [1.82, 2.24) is 10.3 Å². The molecule has 2 aromatic carbocycles. The molecule has 3 rings (SSSR count). The first kappa shape index (κ1) is 19.8. The second-order valence-corrected chi connectivity index (χ2v) is 8.01. The van der Waals surface area contributed by atoms with E-state index >= 15 is 0 Å². The zero-order valence-electron chi connectivity index (χ0n) is 14.6. The van der Waals surface area contributed by atoms with Crippen molar-refractivity contribution in [2.24, 2.45) is 0 Å². The van der Waals surface area contributed by atoms with Gasteiger partial charge in [0.1, 0.15) is 5.58 Å². The predicted octanol–water partition coefficient (Wildman–Crippen LogP) is 3.23. The molecule has 0 saturated heterocycles. The van der Waals surface area contributed by atoms with Crippen molar-refractivity contribution in [2.45, 2.75) is 18.7 Å². The van der Waals surface area contributed by atoms with Gasteiger partial charge in [-0.25, -0.2) is 8.42 Å². The second-order valence-electron chi connectivity index (χ2n) is 5.92. The number of carbonyl (C=O) groups excluding carboxylic acids is 1. The van der Waals surface area contributed by atoms with Crippen molar-refractivity contribution >= 4 is 44.2 Å². The van der Waals surface area contributed by atoms with Crippen LogP contribution in [0.3, 0.4) is 0 Å². The number of nitrogens with one attached hydrogen (secondary N) is 2. The SMILES string of the molecule is Cc1c(Cl)cc(S(=O)(=O)NNC(=O)c2oc3ccccc3c2C)cc1[N+](=O)[O-]. The summed E-state index contributed by atoms with van der Waals surface area (Å²) in [5.74, 6) is -0.873. The van der Waals surface area contributed by atoms with Gasteiger partial charge in [-0.15, -0.1) is 4.83 Å². The summed E-state index contributed by atoms with van der Waals surface area (Å²) in [7, 11) is -4.31. The predicted molar refractivity (Wildman–Crippen MR) is 102 cm³/mol. The van der Waals surface area contributed by atoms with Crippen LogP contribution in [-0.2, 0) is 10.0 Å². The lowest BCUT2D eigenvalue weighted by atomic mass is 10.1. The molecule has 146 valence electrons. The third-order valence-electron chi connectivity index (χ3n) is 4.15. The molecule has 0 aliphatic heterocycles. The number of nitro groups is 1. The summed E-state index contributed by atoms with van der Waals surface area (Å²) in [4.78, 5) is 24.1. The molecule has 0 bridgehead atoms. The van der Waals surface area contributed by atoms with Crippen LogP contribution in [0, 0.1) is 24.0 Å². The van der Waals surface area contributed by atoms with Crippen LogP contribution >= 0.6 is 11.6 Å². The molecule has 2 N–H and O–H groups in total. The molecule has 0 spiro atoms. The number of fused-ring (bicyclic) bond motifs is 1. The van der Waals surface area contributed by atoms with Gasteiger partial charge in [-0.2, -0.15) is 0 Å². The summed E-state index contributed by atoms with van der Waals surface area (Å²) in [6.45, 7) is 3.06. The zero-order chi connectivity index (χ0) is 20.6. The Morgan fingerprint density at radius 2 is 1.86 bits per heavy atom. The Kier molecular flexibility index (Phi) is 5.11. The van der Waals surface area contributed by atoms with Crippen LogP contribution in [0.4, 0.5) is 5.69 Å². The molecule has 9 nitrogen and oxygen atoms in total. The van der Waals surface area contributed by atoms with Gasteiger partial charge in [0.15, 0.2) is 5.76 Å². The van der Waals surface area contributed by atoms with Crippen molar-refractivity contribution in [3.05, 3.63) is 68.4 Å². The molecule has 1 amide bonds. The number of carbonyl (C=O) groups is 1. The molecule has 0 aliphatic rings. The summed E-state index contributed by atoms with van der Waals surface area (Å²) >= 11 is 5.89. The van der Waals surface area contributed by atoms with Crippen molar-refractivity contribution in [3.63, 3.8) is 0 Å². The van der Waals surface area contributed by atoms with E-state index in [2.05, 4.69) is 0 Å². The normalized spacial score (nSPS) is 11.5. The smallest absolute Gasteiger partial charge is 0.302 e. The first-order chi connectivity index (χ1) is 13.1. The minimum atomic E-state index is -4.31. The van der Waals surface area contributed by atoms with Gasteiger partial charge in [-0.3, -0.25) is 20.3 Å². The maximum absolute atomic E-state index is 12.4. The third-order valence-corrected chi connectivity index (χ3v) is 5.77. The van der Waals surface area contributed by atoms with E-state index in [9.17, 15) is 23.3 Å². The number of halogens is 1. The standard InChI is InChI=1S/C17H14ClN3O6S/c1-9-12-5-3-4-6-15(12)27-16(9)17(22)19-20-28(25,26)11-7-13(18)10(2)14(8-11)21(23)24/h3-8,20H,1-2H3,(H,19,22). The van der Waals surface area contributed by atoms with Crippen LogP contribution in [0.2, 0.25) is 5.02 Å². The van der Waals surface area contributed by atoms with E-state index in [1.165, 1.54) is 6.92 Å². The monoisotopic (exact) mass is 423 g/mol. The van der Waals surface area contributed by atoms with Gasteiger partial charge in [0.2, 0.25) is 0 Å². The molecule has 0 saturated carbocycles. The Bertz CT molecular complexity index is 1220. The number of nitrogens with zero attached hydrogens (tertiary/aromatic N) is 1. The highest BCUT2D eigenvalue weighted by atomic mass is 35.5. The number of aryl methyl sites for hydroxylation is 1. The van der Waals surface area contributed by atoms with E-state index in [0.717, 1.165) is 17.5 Å². The Hall–Kier alpha value is -2.95. The number of hydrogen-bond acceptors (Lipinski definition) is 6. The number of hydrazine groups is 1. The van der Waals surface area contributed by atoms with E-state index in [-0.39, 0.29) is 16.3 Å². The summed E-state index contributed by atoms with van der Waals surface area (Å²) < 4.78 is 30.3. The molecule has 1 heterocycles. The lowest BCUT2D eigenvalue weighted by Crippen LogP contribution is -2.41. The van der Waals surface area contributed by atoms with Crippen LogP contribution < -0.4 is 10.3 Å². The molecular weight excluding hydrogens is 410 g/mol. The van der Waals surface area contributed by atoms with Crippen molar-refractivity contribution in [1.29, 1.82) is 0 Å². The minimum absolute atomic E-state index is 0.0585. The van der Waals surface area contributed by atoms with E-state index < -0.39 is 31.4 Å². The number of para-hydroxylation sites is 1. The zero-order valence-corrected chi connectivity index (χ0v) is 16.2. The van der Waals surface area contributed by atoms with Crippen LogP contribution in [-0.4, -0.2) is 19.2 Å². The molecular formula is C17H14ClN3O6S. The number of benzene rings is 2. The molecule has 0 aliphatic carbocycles. The van der Waals surface area contributed by atoms with Crippen LogP contribution in [0.25, 0.3) is 11.0 Å². The number of amides is 1. The van der Waals surface area contributed by atoms with Gasteiger partial charge in [0.05, 0.1) is 14.8 Å². The molecule has 3 aromatic rings. The van der Waals surface area contributed by atoms with Crippen molar-refractivity contribution < 1.29 is 22.6 Å². The number of nitro benzene ring substituents is 1. The Balaban J connectivity index is 1.86. The van der Waals surface area contributed by atoms with E-state index in [4.69, 9.17) is 16.0 Å². The fourth-order valence-corrected chi connectivity index (χ4v) is 3.77. The summed E-state index contributed by atoms with van der Waals surface area (Å²) in [5.41, 5.74) is 2.74. The average Bonchev–Trinajstić information content (AvgIpc) is 2.98. The number of hydrogen-bond donors (Lipinski definition) is 2. The highest BCUT2D eigenvalue weighted by Crippen LogP contribution is 2.29. The van der Waals surface area contributed by atoms with E-state index in [1.54, 1.807) is 31.2 Å². The Labute approximate surface area is 164 Å². The lowest BCUT2D eigenvalue weighted by Gasteiger charge is -2.09. The second kappa shape index (κ2) is 7.23. The van der Waals surface area contributed by atoms with E-state index in [0.29, 0.717) is 11.1 Å². The minimum Gasteiger partial charge on any atom is -0.451 e. The highest BCUT2D eigenvalue weighted by Gasteiger charge is 2.24. The average molecular weight is 424 g/mol. The highest BCUT2D eigenvalue weighted by molar-refractivity contribution is 7.89. The maximum atomic E-state index is 12.4. The first-order valence-electron chi connectivity index (χ1n) is 7.86. The summed E-state index contributed by atoms with van der Waals surface area (Å²) in [6, 6.07) is 8.89. The fourth-order valence-electron chi connectivity index (χ4n) is 2.61. The van der Waals surface area contributed by atoms with Gasteiger partial charge in [0.25, 0.3) is 15.7 Å². The molecule has 0 fully saturated rings. The number of sulfonamides is 1. The molecule has 0 atom stereocenters. The molecule has 28 heavy (non-hydrogen) atoms. The van der Waals surface area contributed by atoms with E-state index in [1.807, 2.05) is 10.3 Å². The lowest BCUT2D eigenvalue weighted by molar-refractivity contribution is -0.385. The largest absolute Gasteiger partial charge is 0.451 e. The van der Waals surface area contributed by atoms with Gasteiger partial charge >= 0.3 is 5.91 Å². The van der Waals surface area contributed by atoms with Crippen molar-refractivity contribution in [2.75, 3.05) is 0 Å². The summed E-state index contributed by atoms with van der Waals surface area (Å²) in [5, 5.41) is 11.7. The van der Waals surface area contributed by atoms with Gasteiger partial charge in [-0.05, 0) is 26.0 Å². The van der Waals surface area contributed by atoms with Gasteiger partial charge < -0.3 is 4.42 Å². The molecule has 0 unspecified atom stereocenters. The maximum Gasteiger partial charge on any atom is 0.302 e. The van der Waals surface area contributed by atoms with Gasteiger partial charge in [-0.1, -0.05) is 29.8 Å². The Morgan fingerprint density at radius 1 is 1.18 bits per heavy atom. The molecule has 0 radical (unpaired) electrons. The first-order valence-corrected chi connectivity index (χ1v) is 9.72. The van der Waals surface area contributed by atoms with Crippen LogP contribution in [0.15, 0.2) is 45.7 Å². The third kappa shape index (κ3) is 3.57. The number of rotatable bonds is 5. The number of furan rings is 1. The quantitative estimate of drug-likeness (QED) is 0.478. The molecule has 1 aromatic heterocycles. The van der Waals surface area contributed by atoms with Crippen molar-refractivity contribution in [3.8, 4) is 0 Å². The van der Waals surface area contributed by atoms with Gasteiger partial charge in [0, 0.05) is 22.6 Å². The molecule has 11 heteroatoms. The fraction of sp³-hybridized carbons (Fsp3) is 0.118. The summed E-state index contributed by atoms with van der Waals surface area (Å²) in [6.07, 6.45) is 0. The Morgan fingerprint density at radius 3 is 2.50 bits per heavy atom. The topological polar surface area (TPSA) is 132 Å².